The fourth-order valence-electron chi connectivity index (χ4n) is 3.73. The van der Waals surface area contributed by atoms with Crippen molar-refractivity contribution in [3.05, 3.63) is 35.5 Å². The quantitative estimate of drug-likeness (QED) is 0.555. The lowest BCUT2D eigenvalue weighted by Gasteiger charge is -2.32. The second kappa shape index (κ2) is 10.7. The summed E-state index contributed by atoms with van der Waals surface area (Å²) in [6.07, 6.45) is 1.85. The Labute approximate surface area is 197 Å². The maximum Gasteiger partial charge on any atom is 0.272 e. The van der Waals surface area contributed by atoms with Crippen molar-refractivity contribution in [1.82, 2.24) is 19.6 Å². The molecule has 0 saturated carbocycles. The maximum atomic E-state index is 13.1. The highest BCUT2D eigenvalue weighted by Crippen LogP contribution is 2.31. The summed E-state index contributed by atoms with van der Waals surface area (Å²) in [5.41, 5.74) is 2.56. The van der Waals surface area contributed by atoms with Crippen molar-refractivity contribution in [2.45, 2.75) is 19.4 Å². The molecule has 0 bridgehead atoms. The van der Waals surface area contributed by atoms with Crippen LogP contribution in [0.15, 0.2) is 29.3 Å². The van der Waals surface area contributed by atoms with Gasteiger partial charge in [0.25, 0.3) is 5.91 Å². The third-order valence-electron chi connectivity index (χ3n) is 5.47. The Balaban J connectivity index is 1.91. The number of carbonyl (C=O) groups excluding carboxylic acids is 3. The van der Waals surface area contributed by atoms with Gasteiger partial charge in [-0.1, -0.05) is 6.07 Å². The highest BCUT2D eigenvalue weighted by molar-refractivity contribution is 6.00. The fraction of sp³-hybridized carbons (Fsp3) is 0.391. The van der Waals surface area contributed by atoms with Crippen LogP contribution in [0.25, 0.3) is 11.3 Å². The number of aliphatic hydroxyl groups excluding tert-OH is 1. The molecule has 0 unspecified atom stereocenters. The largest absolute Gasteiger partial charge is 0.387 e. The zero-order valence-corrected chi connectivity index (χ0v) is 19.4. The number of hydrogen-bond donors (Lipinski definition) is 2. The number of amides is 3. The van der Waals surface area contributed by atoms with Gasteiger partial charge < -0.3 is 20.2 Å². The molecule has 11 heteroatoms. The Morgan fingerprint density at radius 1 is 1.41 bits per heavy atom. The van der Waals surface area contributed by atoms with Crippen LogP contribution in [0.4, 0.5) is 5.69 Å². The lowest BCUT2D eigenvalue weighted by Crippen LogP contribution is -2.47. The molecular formula is C23H27N7O4. The third-order valence-corrected chi connectivity index (χ3v) is 5.47. The number of aliphatic hydroxyl groups is 1. The van der Waals surface area contributed by atoms with Gasteiger partial charge in [0.15, 0.2) is 0 Å². The summed E-state index contributed by atoms with van der Waals surface area (Å²) < 4.78 is 1.62. The summed E-state index contributed by atoms with van der Waals surface area (Å²) in [5, 5.41) is 25.1. The van der Waals surface area contributed by atoms with Crippen molar-refractivity contribution in [3.63, 3.8) is 0 Å². The number of carbonyl (C=O) groups is 3. The first-order valence-corrected chi connectivity index (χ1v) is 10.8. The maximum absolute atomic E-state index is 13.1. The molecule has 0 radical (unpaired) electrons. The molecule has 0 spiro atoms. The molecule has 1 aliphatic rings. The highest BCUT2D eigenvalue weighted by Gasteiger charge is 2.33. The Kier molecular flexibility index (Phi) is 7.75. The molecule has 0 fully saturated rings. The van der Waals surface area contributed by atoms with Crippen molar-refractivity contribution >= 4 is 29.6 Å². The van der Waals surface area contributed by atoms with E-state index in [-0.39, 0.29) is 30.8 Å². The van der Waals surface area contributed by atoms with Crippen molar-refractivity contribution in [2.75, 3.05) is 45.7 Å². The van der Waals surface area contributed by atoms with Crippen molar-refractivity contribution in [3.8, 4) is 17.3 Å². The minimum atomic E-state index is -0.674. The van der Waals surface area contributed by atoms with Gasteiger partial charge in [0.05, 0.1) is 29.9 Å². The fourth-order valence-corrected chi connectivity index (χ4v) is 3.73. The number of nitrogens with one attached hydrogen (secondary N) is 1. The number of likely N-dealkylation sites (N-methyl/N-ethyl adjacent to an activating group) is 1. The number of anilines is 1. The number of hydrogen-bond acceptors (Lipinski definition) is 7. The van der Waals surface area contributed by atoms with Crippen LogP contribution in [0.1, 0.15) is 35.4 Å². The zero-order chi connectivity index (χ0) is 24.8. The Bertz CT molecular complexity index is 1160. The van der Waals surface area contributed by atoms with Gasteiger partial charge in [0, 0.05) is 39.0 Å². The molecular weight excluding hydrogens is 438 g/mol. The van der Waals surface area contributed by atoms with Gasteiger partial charge in [-0.2, -0.15) is 10.4 Å². The summed E-state index contributed by atoms with van der Waals surface area (Å²) in [7, 11) is 3.24. The number of aromatic nitrogens is 2. The molecule has 1 aliphatic heterocycles. The number of nitrogens with zero attached hydrogens (tertiary/aromatic N) is 6. The van der Waals surface area contributed by atoms with Crippen LogP contribution in [0.5, 0.6) is 0 Å². The van der Waals surface area contributed by atoms with Gasteiger partial charge >= 0.3 is 0 Å². The van der Waals surface area contributed by atoms with Crippen LogP contribution >= 0.6 is 0 Å². The smallest absolute Gasteiger partial charge is 0.272 e. The topological polar surface area (TPSA) is 144 Å². The molecule has 178 valence electrons. The van der Waals surface area contributed by atoms with E-state index in [0.29, 0.717) is 35.7 Å². The molecule has 2 heterocycles. The third kappa shape index (κ3) is 5.29. The van der Waals surface area contributed by atoms with Crippen LogP contribution in [-0.2, 0) is 9.59 Å². The van der Waals surface area contributed by atoms with Crippen molar-refractivity contribution < 1.29 is 19.5 Å². The van der Waals surface area contributed by atoms with Gasteiger partial charge in [0.1, 0.15) is 18.8 Å². The van der Waals surface area contributed by atoms with Crippen molar-refractivity contribution in [2.24, 2.45) is 4.99 Å². The monoisotopic (exact) mass is 465 g/mol. The van der Waals surface area contributed by atoms with Gasteiger partial charge in [0.2, 0.25) is 11.8 Å². The SMILES string of the molecule is CN=Cc1ccc(-c2cc3n(n2)[C@@H](C)CN(CC(=O)N(C)CCC#N)C3=O)c(NC(=O)CO)c1. The van der Waals surface area contributed by atoms with E-state index in [1.54, 1.807) is 43.2 Å². The summed E-state index contributed by atoms with van der Waals surface area (Å²) in [6, 6.07) is 8.73. The van der Waals surface area contributed by atoms with Crippen LogP contribution in [0, 0.1) is 11.3 Å². The van der Waals surface area contributed by atoms with Crippen LogP contribution < -0.4 is 5.32 Å². The molecule has 3 amide bonds. The second-order valence-corrected chi connectivity index (χ2v) is 8.02. The summed E-state index contributed by atoms with van der Waals surface area (Å²) in [5.74, 6) is -1.15. The second-order valence-electron chi connectivity index (χ2n) is 8.02. The molecule has 1 aromatic carbocycles. The van der Waals surface area contributed by atoms with E-state index in [1.807, 2.05) is 19.1 Å². The first kappa shape index (κ1) is 24.6. The summed E-state index contributed by atoms with van der Waals surface area (Å²) in [6.45, 7) is 1.75. The minimum absolute atomic E-state index is 0.0888. The summed E-state index contributed by atoms with van der Waals surface area (Å²) >= 11 is 0. The predicted octanol–water partition coefficient (Wildman–Crippen LogP) is 0.918. The van der Waals surface area contributed by atoms with Gasteiger partial charge in [-0.15, -0.1) is 0 Å². The van der Waals surface area contributed by atoms with Crippen molar-refractivity contribution in [1.29, 1.82) is 5.26 Å². The number of benzene rings is 1. The number of rotatable bonds is 8. The number of fused-ring (bicyclic) bond motifs is 1. The summed E-state index contributed by atoms with van der Waals surface area (Å²) in [4.78, 5) is 44.4. The predicted molar refractivity (Wildman–Crippen MR) is 125 cm³/mol. The minimum Gasteiger partial charge on any atom is -0.387 e. The molecule has 0 saturated heterocycles. The van der Waals surface area contributed by atoms with Crippen LogP contribution in [0.3, 0.4) is 0 Å². The van der Waals surface area contributed by atoms with E-state index in [4.69, 9.17) is 10.4 Å². The Morgan fingerprint density at radius 3 is 2.85 bits per heavy atom. The molecule has 34 heavy (non-hydrogen) atoms. The van der Waals surface area contributed by atoms with Gasteiger partial charge in [-0.05, 0) is 30.7 Å². The molecule has 1 aromatic heterocycles. The van der Waals surface area contributed by atoms with E-state index >= 15 is 0 Å². The van der Waals surface area contributed by atoms with Crippen LogP contribution in [0.2, 0.25) is 0 Å². The lowest BCUT2D eigenvalue weighted by atomic mass is 10.1. The average molecular weight is 466 g/mol. The average Bonchev–Trinajstić information content (AvgIpc) is 3.27. The Hall–Kier alpha value is -4.04. The molecule has 11 nitrogen and oxygen atoms in total. The van der Waals surface area contributed by atoms with E-state index in [0.717, 1.165) is 5.56 Å². The first-order chi connectivity index (χ1) is 16.3. The lowest BCUT2D eigenvalue weighted by molar-refractivity contribution is -0.130. The van der Waals surface area contributed by atoms with E-state index < -0.39 is 12.5 Å². The zero-order valence-electron chi connectivity index (χ0n) is 19.4. The Morgan fingerprint density at radius 2 is 2.18 bits per heavy atom. The van der Waals surface area contributed by atoms with E-state index in [2.05, 4.69) is 15.4 Å². The van der Waals surface area contributed by atoms with E-state index in [1.165, 1.54) is 9.80 Å². The molecule has 3 rings (SSSR count). The number of nitriles is 1. The molecule has 2 aromatic rings. The van der Waals surface area contributed by atoms with Crippen LogP contribution in [-0.4, -0.2) is 89.0 Å². The molecule has 1 atom stereocenters. The van der Waals surface area contributed by atoms with Gasteiger partial charge in [-0.25, -0.2) is 0 Å². The molecule has 0 aliphatic carbocycles. The normalized spacial score (nSPS) is 15.2. The van der Waals surface area contributed by atoms with E-state index in [9.17, 15) is 14.4 Å². The molecule has 2 N–H and O–H groups in total. The van der Waals surface area contributed by atoms with Gasteiger partial charge in [-0.3, -0.25) is 24.1 Å². The standard InChI is InChI=1S/C23H27N7O4/c1-15-12-29(13-22(33)28(3)8-4-7-24)23(34)20-10-19(27-30(15)20)17-6-5-16(11-25-2)9-18(17)26-21(32)14-31/h5-6,9-11,15,31H,4,8,12-14H2,1-3H3,(H,26,32)/t15-/m0/s1. The first-order valence-electron chi connectivity index (χ1n) is 10.8. The highest BCUT2D eigenvalue weighted by atomic mass is 16.3. The number of aliphatic imine (C=N–C) groups is 1.